The van der Waals surface area contributed by atoms with Crippen molar-refractivity contribution < 1.29 is 19.1 Å². The Balaban J connectivity index is 1.90. The van der Waals surface area contributed by atoms with E-state index in [2.05, 4.69) is 5.16 Å². The summed E-state index contributed by atoms with van der Waals surface area (Å²) in [6.07, 6.45) is 9.53. The van der Waals surface area contributed by atoms with E-state index in [-0.39, 0.29) is 0 Å². The van der Waals surface area contributed by atoms with Crippen LogP contribution in [0.1, 0.15) is 22.3 Å². The molecular formula is C15H17ClN4O2+2. The van der Waals surface area contributed by atoms with Crippen LogP contribution in [-0.2, 0) is 13.1 Å². The van der Waals surface area contributed by atoms with Crippen LogP contribution < -0.4 is 14.9 Å². The molecule has 2 aromatic heterocycles. The molecule has 0 atom stereocenters. The van der Waals surface area contributed by atoms with E-state index in [1.54, 1.807) is 24.4 Å². The van der Waals surface area contributed by atoms with Crippen LogP contribution in [0, 0.1) is 0 Å². The number of primary amides is 1. The minimum atomic E-state index is -0.427. The summed E-state index contributed by atoms with van der Waals surface area (Å²) in [5.74, 6) is -0.427. The standard InChI is InChI=1S/C15H15ClN4O2/c16-14-11-20(9-4-13(14)10-18-22)6-1-5-19-7-2-12(3-8-19)15(17)21/h2-4,7-11H,1,5-6H2,(H-,17,21)/p+2. The molecule has 3 N–H and O–H groups in total. The van der Waals surface area contributed by atoms with Crippen LogP contribution in [0.2, 0.25) is 5.02 Å². The number of amides is 1. The predicted molar refractivity (Wildman–Crippen MR) is 80.8 cm³/mol. The number of halogens is 1. The minimum Gasteiger partial charge on any atom is -0.411 e. The molecule has 0 aliphatic heterocycles. The molecule has 0 aliphatic rings. The molecule has 0 saturated carbocycles. The van der Waals surface area contributed by atoms with Gasteiger partial charge >= 0.3 is 0 Å². The molecule has 0 aliphatic carbocycles. The van der Waals surface area contributed by atoms with Crippen LogP contribution in [-0.4, -0.2) is 17.3 Å². The normalized spacial score (nSPS) is 11.0. The fraction of sp³-hybridized carbons (Fsp3) is 0.200. The van der Waals surface area contributed by atoms with E-state index in [1.165, 1.54) is 6.21 Å². The number of hydrogen-bond donors (Lipinski definition) is 2. The Morgan fingerprint density at radius 2 is 1.86 bits per heavy atom. The lowest BCUT2D eigenvalue weighted by Gasteiger charge is -1.99. The first-order valence-electron chi connectivity index (χ1n) is 6.75. The largest absolute Gasteiger partial charge is 0.411 e. The van der Waals surface area contributed by atoms with E-state index < -0.39 is 5.91 Å². The van der Waals surface area contributed by atoms with Gasteiger partial charge < -0.3 is 10.9 Å². The number of carbonyl (C=O) groups is 1. The van der Waals surface area contributed by atoms with Gasteiger partial charge in [0.15, 0.2) is 37.9 Å². The molecule has 2 heterocycles. The SMILES string of the molecule is NC(=O)c1cc[n+](CCC[n+]2ccc(C=NO)c(Cl)c2)cc1. The molecule has 2 rings (SSSR count). The Hall–Kier alpha value is -2.47. The summed E-state index contributed by atoms with van der Waals surface area (Å²) in [5.41, 5.74) is 6.36. The van der Waals surface area contributed by atoms with Crippen molar-refractivity contribution in [2.75, 3.05) is 0 Å². The smallest absolute Gasteiger partial charge is 0.249 e. The molecular weight excluding hydrogens is 304 g/mol. The van der Waals surface area contributed by atoms with Gasteiger partial charge in [0.2, 0.25) is 5.91 Å². The predicted octanol–water partition coefficient (Wildman–Crippen LogP) is 0.912. The molecule has 6 nitrogen and oxygen atoms in total. The number of rotatable bonds is 6. The van der Waals surface area contributed by atoms with Gasteiger partial charge in [-0.05, 0) is 0 Å². The summed E-state index contributed by atoms with van der Waals surface area (Å²) in [6, 6.07) is 5.20. The highest BCUT2D eigenvalue weighted by Crippen LogP contribution is 2.09. The van der Waals surface area contributed by atoms with E-state index in [0.29, 0.717) is 16.1 Å². The molecule has 0 saturated heterocycles. The zero-order valence-electron chi connectivity index (χ0n) is 11.9. The fourth-order valence-corrected chi connectivity index (χ4v) is 2.27. The fourth-order valence-electron chi connectivity index (χ4n) is 2.03. The van der Waals surface area contributed by atoms with E-state index in [9.17, 15) is 4.79 Å². The molecule has 7 heteroatoms. The highest BCUT2D eigenvalue weighted by atomic mass is 35.5. The first kappa shape index (κ1) is 15.9. The van der Waals surface area contributed by atoms with Crippen molar-refractivity contribution in [1.82, 2.24) is 0 Å². The van der Waals surface area contributed by atoms with Crippen molar-refractivity contribution in [3.8, 4) is 0 Å². The maximum absolute atomic E-state index is 11.0. The summed E-state index contributed by atoms with van der Waals surface area (Å²) in [7, 11) is 0. The summed E-state index contributed by atoms with van der Waals surface area (Å²) >= 11 is 6.08. The third-order valence-electron chi connectivity index (χ3n) is 3.21. The first-order chi connectivity index (χ1) is 10.6. The topological polar surface area (TPSA) is 83.4 Å². The molecule has 2 aromatic rings. The molecule has 0 fully saturated rings. The van der Waals surface area contributed by atoms with Gasteiger partial charge in [0, 0.05) is 23.8 Å². The van der Waals surface area contributed by atoms with Gasteiger partial charge in [0.25, 0.3) is 0 Å². The average Bonchev–Trinajstić information content (AvgIpc) is 2.50. The molecule has 114 valence electrons. The van der Waals surface area contributed by atoms with Gasteiger partial charge in [-0.15, -0.1) is 0 Å². The quantitative estimate of drug-likeness (QED) is 0.359. The first-order valence-corrected chi connectivity index (χ1v) is 7.13. The lowest BCUT2D eigenvalue weighted by atomic mass is 10.2. The number of carbonyl (C=O) groups excluding carboxylic acids is 1. The maximum atomic E-state index is 11.0. The maximum Gasteiger partial charge on any atom is 0.249 e. The number of nitrogens with zero attached hydrogens (tertiary/aromatic N) is 3. The number of pyridine rings is 2. The highest BCUT2D eigenvalue weighted by Gasteiger charge is 2.09. The zero-order chi connectivity index (χ0) is 15.9. The molecule has 0 radical (unpaired) electrons. The van der Waals surface area contributed by atoms with Crippen LogP contribution >= 0.6 is 11.6 Å². The van der Waals surface area contributed by atoms with E-state index in [4.69, 9.17) is 22.5 Å². The van der Waals surface area contributed by atoms with Gasteiger partial charge in [-0.2, -0.15) is 0 Å². The molecule has 0 bridgehead atoms. The van der Waals surface area contributed by atoms with Gasteiger partial charge in [0.05, 0.1) is 18.2 Å². The van der Waals surface area contributed by atoms with Gasteiger partial charge in [-0.25, -0.2) is 9.13 Å². The number of oxime groups is 1. The summed E-state index contributed by atoms with van der Waals surface area (Å²) < 4.78 is 3.96. The van der Waals surface area contributed by atoms with Crippen LogP contribution in [0.25, 0.3) is 0 Å². The van der Waals surface area contributed by atoms with Gasteiger partial charge in [0.1, 0.15) is 5.02 Å². The van der Waals surface area contributed by atoms with Crippen LogP contribution in [0.15, 0.2) is 48.1 Å². The molecule has 1 amide bonds. The Labute approximate surface area is 133 Å². The summed E-state index contributed by atoms with van der Waals surface area (Å²) in [5, 5.41) is 12.0. The van der Waals surface area contributed by atoms with Gasteiger partial charge in [-0.3, -0.25) is 4.79 Å². The molecule has 0 unspecified atom stereocenters. The second-order valence-electron chi connectivity index (χ2n) is 4.77. The Bertz CT molecular complexity index is 686. The van der Waals surface area contributed by atoms with Crippen molar-refractivity contribution in [3.63, 3.8) is 0 Å². The lowest BCUT2D eigenvalue weighted by Crippen LogP contribution is -2.38. The number of hydrogen-bond acceptors (Lipinski definition) is 3. The summed E-state index contributed by atoms with van der Waals surface area (Å²) in [6.45, 7) is 1.60. The van der Waals surface area contributed by atoms with Crippen molar-refractivity contribution in [2.45, 2.75) is 19.5 Å². The van der Waals surface area contributed by atoms with Crippen molar-refractivity contribution in [3.05, 3.63) is 59.1 Å². The highest BCUT2D eigenvalue weighted by molar-refractivity contribution is 6.32. The molecule has 22 heavy (non-hydrogen) atoms. The Kier molecular flexibility index (Phi) is 5.43. The van der Waals surface area contributed by atoms with E-state index >= 15 is 0 Å². The lowest BCUT2D eigenvalue weighted by molar-refractivity contribution is -0.726. The Morgan fingerprint density at radius 1 is 1.23 bits per heavy atom. The van der Waals surface area contributed by atoms with Crippen molar-refractivity contribution in [2.24, 2.45) is 10.9 Å². The van der Waals surface area contributed by atoms with E-state index in [0.717, 1.165) is 19.5 Å². The van der Waals surface area contributed by atoms with Crippen molar-refractivity contribution in [1.29, 1.82) is 0 Å². The molecule has 0 spiro atoms. The third kappa shape index (κ3) is 4.26. The third-order valence-corrected chi connectivity index (χ3v) is 3.52. The van der Waals surface area contributed by atoms with Crippen molar-refractivity contribution >= 4 is 23.7 Å². The van der Waals surface area contributed by atoms with Gasteiger partial charge in [-0.1, -0.05) is 16.8 Å². The monoisotopic (exact) mass is 320 g/mol. The van der Waals surface area contributed by atoms with E-state index in [1.807, 2.05) is 27.7 Å². The van der Waals surface area contributed by atoms with Crippen LogP contribution in [0.4, 0.5) is 0 Å². The Morgan fingerprint density at radius 3 is 2.45 bits per heavy atom. The number of nitrogens with two attached hydrogens (primary N) is 1. The zero-order valence-corrected chi connectivity index (χ0v) is 12.6. The number of aromatic nitrogens is 2. The average molecular weight is 321 g/mol. The second kappa shape index (κ2) is 7.51. The van der Waals surface area contributed by atoms with Crippen LogP contribution in [0.5, 0.6) is 0 Å². The summed E-state index contributed by atoms with van der Waals surface area (Å²) in [4.78, 5) is 11.0. The molecule has 0 aromatic carbocycles. The second-order valence-corrected chi connectivity index (χ2v) is 5.18. The minimum absolute atomic E-state index is 0.427. The van der Waals surface area contributed by atoms with Crippen LogP contribution in [0.3, 0.4) is 0 Å². The number of aryl methyl sites for hydroxylation is 2.